The predicted molar refractivity (Wildman–Crippen MR) is 98.1 cm³/mol. The zero-order valence-electron chi connectivity index (χ0n) is 15.6. The number of hydrogen-bond donors (Lipinski definition) is 2. The van der Waals surface area contributed by atoms with Gasteiger partial charge in [-0.15, -0.1) is 0 Å². The molecule has 1 aromatic heterocycles. The molecule has 2 N–H and O–H groups in total. The average molecular weight is 374 g/mol. The summed E-state index contributed by atoms with van der Waals surface area (Å²) < 4.78 is 0. The minimum absolute atomic E-state index is 0.0554. The summed E-state index contributed by atoms with van der Waals surface area (Å²) in [7, 11) is 1.92. The SMILES string of the molecule is CN(C(=O)C1CC1)[C@H]1C[C@H]2CCN(C(=O)Cc3cc(=O)[nH][nH]c3=O)C[C@H]2C1. The molecule has 1 aromatic rings. The molecule has 4 rings (SSSR count). The summed E-state index contributed by atoms with van der Waals surface area (Å²) in [6, 6.07) is 1.46. The Bertz CT molecular complexity index is 856. The molecule has 0 spiro atoms. The maximum absolute atomic E-state index is 12.6. The van der Waals surface area contributed by atoms with Gasteiger partial charge in [-0.1, -0.05) is 0 Å². The highest BCUT2D eigenvalue weighted by molar-refractivity contribution is 5.81. The van der Waals surface area contributed by atoms with Gasteiger partial charge in [0.2, 0.25) is 11.8 Å². The smallest absolute Gasteiger partial charge is 0.266 e. The van der Waals surface area contributed by atoms with Gasteiger partial charge in [-0.05, 0) is 43.9 Å². The van der Waals surface area contributed by atoms with Gasteiger partial charge in [-0.2, -0.15) is 0 Å². The van der Waals surface area contributed by atoms with E-state index in [0.717, 1.165) is 32.1 Å². The Morgan fingerprint density at radius 2 is 1.89 bits per heavy atom. The number of amides is 2. The average Bonchev–Trinajstić information content (AvgIpc) is 3.41. The van der Waals surface area contributed by atoms with Crippen LogP contribution in [0.1, 0.15) is 37.7 Å². The van der Waals surface area contributed by atoms with E-state index in [1.807, 2.05) is 16.8 Å². The van der Waals surface area contributed by atoms with E-state index >= 15 is 0 Å². The second-order valence-electron chi connectivity index (χ2n) is 8.29. The van der Waals surface area contributed by atoms with Gasteiger partial charge in [0.05, 0.1) is 6.42 Å². The second kappa shape index (κ2) is 6.98. The summed E-state index contributed by atoms with van der Waals surface area (Å²) in [6.45, 7) is 1.35. The number of aromatic amines is 2. The van der Waals surface area contributed by atoms with Gasteiger partial charge >= 0.3 is 0 Å². The largest absolute Gasteiger partial charge is 0.343 e. The summed E-state index contributed by atoms with van der Waals surface area (Å²) >= 11 is 0. The van der Waals surface area contributed by atoms with Crippen LogP contribution in [-0.2, 0) is 16.0 Å². The fourth-order valence-electron chi connectivity index (χ4n) is 4.66. The van der Waals surface area contributed by atoms with Crippen molar-refractivity contribution in [2.24, 2.45) is 17.8 Å². The summed E-state index contributed by atoms with van der Waals surface area (Å²) in [5, 5.41) is 4.46. The second-order valence-corrected chi connectivity index (χ2v) is 8.29. The molecule has 2 aliphatic carbocycles. The van der Waals surface area contributed by atoms with Gasteiger partial charge in [0.25, 0.3) is 11.1 Å². The molecule has 0 radical (unpaired) electrons. The predicted octanol–water partition coefficient (Wildman–Crippen LogP) is 0.101. The third kappa shape index (κ3) is 3.70. The fraction of sp³-hybridized carbons (Fsp3) is 0.684. The number of fused-ring (bicyclic) bond motifs is 1. The summed E-state index contributed by atoms with van der Waals surface area (Å²) in [6.07, 6.45) is 4.88. The number of hydrogen-bond acceptors (Lipinski definition) is 4. The molecule has 146 valence electrons. The Labute approximate surface area is 156 Å². The van der Waals surface area contributed by atoms with Crippen LogP contribution in [0.5, 0.6) is 0 Å². The molecular formula is C19H26N4O4. The number of piperidine rings is 1. The Kier molecular flexibility index (Phi) is 4.65. The number of rotatable bonds is 4. The fourth-order valence-corrected chi connectivity index (χ4v) is 4.66. The number of nitrogens with one attached hydrogen (secondary N) is 2. The van der Waals surface area contributed by atoms with Crippen molar-refractivity contribution in [3.8, 4) is 0 Å². The van der Waals surface area contributed by atoms with Crippen molar-refractivity contribution < 1.29 is 9.59 Å². The lowest BCUT2D eigenvalue weighted by atomic mass is 9.88. The third-order valence-electron chi connectivity index (χ3n) is 6.45. The van der Waals surface area contributed by atoms with Crippen LogP contribution in [0.3, 0.4) is 0 Å². The van der Waals surface area contributed by atoms with Crippen molar-refractivity contribution in [2.45, 2.75) is 44.6 Å². The molecule has 2 amide bonds. The van der Waals surface area contributed by atoms with Crippen LogP contribution in [-0.4, -0.2) is 58.0 Å². The molecule has 1 aliphatic heterocycles. The number of aromatic nitrogens is 2. The standard InChI is InChI=1S/C19H26N4O4/c1-22(19(27)11-2-3-11)15-6-12-4-5-23(10-14(12)7-15)17(25)9-13-8-16(24)20-21-18(13)26/h8,11-12,14-15H,2-7,9-10H2,1H3,(H,20,24)(H,21,26)/t12-,14-,15+/m1/s1. The first-order valence-corrected chi connectivity index (χ1v) is 9.77. The first-order chi connectivity index (χ1) is 12.9. The quantitative estimate of drug-likeness (QED) is 0.780. The number of carbonyl (C=O) groups excluding carboxylic acids is 2. The highest BCUT2D eigenvalue weighted by Crippen LogP contribution is 2.41. The van der Waals surface area contributed by atoms with E-state index < -0.39 is 11.1 Å². The Hall–Kier alpha value is -2.38. The summed E-state index contributed by atoms with van der Waals surface area (Å²) in [4.78, 5) is 51.9. The monoisotopic (exact) mass is 374 g/mol. The molecule has 8 heteroatoms. The summed E-state index contributed by atoms with van der Waals surface area (Å²) in [5.41, 5.74) is -0.651. The molecule has 2 saturated carbocycles. The maximum atomic E-state index is 12.6. The van der Waals surface area contributed by atoms with Crippen molar-refractivity contribution in [3.63, 3.8) is 0 Å². The minimum atomic E-state index is -0.432. The molecule has 1 saturated heterocycles. The highest BCUT2D eigenvalue weighted by Gasteiger charge is 2.43. The van der Waals surface area contributed by atoms with Crippen LogP contribution >= 0.6 is 0 Å². The van der Waals surface area contributed by atoms with Crippen LogP contribution in [0.4, 0.5) is 0 Å². The molecule has 3 fully saturated rings. The van der Waals surface area contributed by atoms with Gasteiger partial charge in [-0.3, -0.25) is 29.4 Å². The Morgan fingerprint density at radius 3 is 2.63 bits per heavy atom. The zero-order valence-corrected chi connectivity index (χ0v) is 15.6. The molecule has 0 aromatic carbocycles. The third-order valence-corrected chi connectivity index (χ3v) is 6.45. The topological polar surface area (TPSA) is 106 Å². The number of carbonyl (C=O) groups is 2. The van der Waals surface area contributed by atoms with Gasteiger partial charge in [-0.25, -0.2) is 0 Å². The number of nitrogens with zero attached hydrogens (tertiary/aromatic N) is 2. The van der Waals surface area contributed by atoms with E-state index in [0.29, 0.717) is 24.9 Å². The van der Waals surface area contributed by atoms with Gasteiger partial charge in [0.15, 0.2) is 0 Å². The molecule has 27 heavy (non-hydrogen) atoms. The van der Waals surface area contributed by atoms with E-state index in [1.165, 1.54) is 6.07 Å². The molecule has 0 unspecified atom stereocenters. The molecule has 2 heterocycles. The van der Waals surface area contributed by atoms with Crippen LogP contribution in [0, 0.1) is 17.8 Å². The van der Waals surface area contributed by atoms with Crippen LogP contribution in [0.25, 0.3) is 0 Å². The van der Waals surface area contributed by atoms with Gasteiger partial charge in [0, 0.05) is 43.7 Å². The van der Waals surface area contributed by atoms with E-state index in [2.05, 4.69) is 10.2 Å². The lowest BCUT2D eigenvalue weighted by Crippen LogP contribution is -2.43. The van der Waals surface area contributed by atoms with Crippen molar-refractivity contribution in [1.29, 1.82) is 0 Å². The van der Waals surface area contributed by atoms with E-state index in [-0.39, 0.29) is 35.8 Å². The van der Waals surface area contributed by atoms with Crippen molar-refractivity contribution in [2.75, 3.05) is 20.1 Å². The summed E-state index contributed by atoms with van der Waals surface area (Å²) in [5.74, 6) is 1.36. The first kappa shape index (κ1) is 18.0. The van der Waals surface area contributed by atoms with E-state index in [9.17, 15) is 19.2 Å². The van der Waals surface area contributed by atoms with Gasteiger partial charge in [0.1, 0.15) is 0 Å². The molecular weight excluding hydrogens is 348 g/mol. The molecule has 8 nitrogen and oxygen atoms in total. The number of likely N-dealkylation sites (tertiary alicyclic amines) is 1. The van der Waals surface area contributed by atoms with Crippen LogP contribution in [0.2, 0.25) is 0 Å². The lowest BCUT2D eigenvalue weighted by Gasteiger charge is -2.35. The minimum Gasteiger partial charge on any atom is -0.343 e. The zero-order chi connectivity index (χ0) is 19.1. The van der Waals surface area contributed by atoms with E-state index in [4.69, 9.17) is 0 Å². The molecule has 3 aliphatic rings. The van der Waals surface area contributed by atoms with Crippen molar-refractivity contribution in [3.05, 3.63) is 32.3 Å². The lowest BCUT2D eigenvalue weighted by molar-refractivity contribution is -0.134. The highest BCUT2D eigenvalue weighted by atomic mass is 16.2. The maximum Gasteiger partial charge on any atom is 0.266 e. The van der Waals surface area contributed by atoms with Crippen molar-refractivity contribution in [1.82, 2.24) is 20.0 Å². The normalized spacial score (nSPS) is 27.3. The first-order valence-electron chi connectivity index (χ1n) is 9.77. The van der Waals surface area contributed by atoms with Crippen LogP contribution in [0.15, 0.2) is 15.7 Å². The van der Waals surface area contributed by atoms with Gasteiger partial charge < -0.3 is 9.80 Å². The van der Waals surface area contributed by atoms with E-state index in [1.54, 1.807) is 0 Å². The number of H-pyrrole nitrogens is 2. The Morgan fingerprint density at radius 1 is 1.15 bits per heavy atom. The van der Waals surface area contributed by atoms with Crippen molar-refractivity contribution >= 4 is 11.8 Å². The molecule has 0 bridgehead atoms. The molecule has 3 atom stereocenters. The van der Waals surface area contributed by atoms with Crippen LogP contribution < -0.4 is 11.1 Å². The Balaban J connectivity index is 1.37.